The molecule has 140 valence electrons. The minimum Gasteiger partial charge on any atom is -0.387 e. The largest absolute Gasteiger partial charge is 0.387 e. The predicted molar refractivity (Wildman–Crippen MR) is 94.1 cm³/mol. The second-order valence-electron chi connectivity index (χ2n) is 6.48. The van der Waals surface area contributed by atoms with Gasteiger partial charge in [-0.2, -0.15) is 0 Å². The maximum atomic E-state index is 10.6. The van der Waals surface area contributed by atoms with Crippen molar-refractivity contribution in [2.75, 3.05) is 0 Å². The van der Waals surface area contributed by atoms with Crippen molar-refractivity contribution < 1.29 is 29.9 Å². The molecule has 0 aliphatic heterocycles. The molecular formula is C20H24O6. The number of aliphatic hydroxyl groups excluding tert-OH is 4. The summed E-state index contributed by atoms with van der Waals surface area (Å²) >= 11 is 0. The van der Waals surface area contributed by atoms with Crippen molar-refractivity contribution in [1.82, 2.24) is 0 Å². The molecule has 1 aliphatic carbocycles. The average Bonchev–Trinajstić information content (AvgIpc) is 2.68. The van der Waals surface area contributed by atoms with E-state index in [0.29, 0.717) is 0 Å². The Morgan fingerprint density at radius 1 is 0.538 bits per heavy atom. The number of hydrogen-bond donors (Lipinski definition) is 4. The maximum absolute atomic E-state index is 10.6. The summed E-state index contributed by atoms with van der Waals surface area (Å²) in [4.78, 5) is 0. The highest BCUT2D eigenvalue weighted by Crippen LogP contribution is 2.27. The highest BCUT2D eigenvalue weighted by Gasteiger charge is 2.50. The van der Waals surface area contributed by atoms with Crippen molar-refractivity contribution in [2.24, 2.45) is 0 Å². The first-order valence-electron chi connectivity index (χ1n) is 8.61. The quantitative estimate of drug-likeness (QED) is 0.603. The zero-order chi connectivity index (χ0) is 18.5. The van der Waals surface area contributed by atoms with Crippen LogP contribution < -0.4 is 0 Å². The van der Waals surface area contributed by atoms with Gasteiger partial charge in [0.1, 0.15) is 36.6 Å². The number of benzene rings is 2. The molecule has 1 fully saturated rings. The molecule has 6 heteroatoms. The van der Waals surface area contributed by atoms with Gasteiger partial charge in [0, 0.05) is 0 Å². The Balaban J connectivity index is 1.66. The highest BCUT2D eigenvalue weighted by atomic mass is 16.5. The number of ether oxygens (including phenoxy) is 2. The molecule has 1 saturated carbocycles. The van der Waals surface area contributed by atoms with Gasteiger partial charge in [0.05, 0.1) is 13.2 Å². The van der Waals surface area contributed by atoms with Crippen LogP contribution in [0, 0.1) is 0 Å². The molecule has 1 aliphatic rings. The van der Waals surface area contributed by atoms with Gasteiger partial charge in [-0.05, 0) is 11.1 Å². The van der Waals surface area contributed by atoms with E-state index < -0.39 is 36.6 Å². The van der Waals surface area contributed by atoms with Crippen molar-refractivity contribution in [3.63, 3.8) is 0 Å². The van der Waals surface area contributed by atoms with E-state index in [4.69, 9.17) is 9.47 Å². The van der Waals surface area contributed by atoms with Crippen LogP contribution in [0.4, 0.5) is 0 Å². The van der Waals surface area contributed by atoms with E-state index in [9.17, 15) is 20.4 Å². The first-order valence-corrected chi connectivity index (χ1v) is 8.61. The Morgan fingerprint density at radius 3 is 1.31 bits per heavy atom. The fraction of sp³-hybridized carbons (Fsp3) is 0.400. The molecular weight excluding hydrogens is 336 g/mol. The van der Waals surface area contributed by atoms with E-state index in [2.05, 4.69) is 0 Å². The minimum absolute atomic E-state index is 0.161. The summed E-state index contributed by atoms with van der Waals surface area (Å²) in [7, 11) is 0. The molecule has 0 heterocycles. The van der Waals surface area contributed by atoms with E-state index in [1.165, 1.54) is 0 Å². The smallest absolute Gasteiger partial charge is 0.115 e. The molecule has 0 amide bonds. The van der Waals surface area contributed by atoms with E-state index >= 15 is 0 Å². The van der Waals surface area contributed by atoms with Gasteiger partial charge in [-0.1, -0.05) is 60.7 Å². The van der Waals surface area contributed by atoms with Gasteiger partial charge < -0.3 is 29.9 Å². The lowest BCUT2D eigenvalue weighted by Gasteiger charge is -2.43. The Bertz CT molecular complexity index is 607. The van der Waals surface area contributed by atoms with Gasteiger partial charge in [-0.25, -0.2) is 0 Å². The fourth-order valence-corrected chi connectivity index (χ4v) is 3.11. The van der Waals surface area contributed by atoms with E-state index in [1.807, 2.05) is 60.7 Å². The molecule has 2 unspecified atom stereocenters. The third-order valence-corrected chi connectivity index (χ3v) is 4.62. The Morgan fingerprint density at radius 2 is 0.923 bits per heavy atom. The number of aliphatic hydroxyl groups is 4. The monoisotopic (exact) mass is 360 g/mol. The zero-order valence-corrected chi connectivity index (χ0v) is 14.3. The van der Waals surface area contributed by atoms with Crippen molar-refractivity contribution >= 4 is 0 Å². The van der Waals surface area contributed by atoms with E-state index in [0.717, 1.165) is 11.1 Å². The van der Waals surface area contributed by atoms with E-state index in [-0.39, 0.29) is 13.2 Å². The summed E-state index contributed by atoms with van der Waals surface area (Å²) in [5, 5.41) is 41.1. The van der Waals surface area contributed by atoms with Gasteiger partial charge >= 0.3 is 0 Å². The standard InChI is InChI=1S/C20H24O6/c21-15-16(22)19(25-11-13-7-3-1-4-8-13)18(24)20(17(15)23)26-12-14-9-5-2-6-10-14/h1-10,15-24H,11-12H2/t15?,16-,17-,18?,19-,20+/m0/s1. The van der Waals surface area contributed by atoms with Crippen LogP contribution in [0.5, 0.6) is 0 Å². The van der Waals surface area contributed by atoms with Crippen LogP contribution in [0.2, 0.25) is 0 Å². The normalized spacial score (nSPS) is 31.7. The second kappa shape index (κ2) is 8.73. The predicted octanol–water partition coefficient (Wildman–Crippen LogP) is 0.614. The lowest BCUT2D eigenvalue weighted by molar-refractivity contribution is -0.250. The molecule has 2 aromatic rings. The van der Waals surface area contributed by atoms with Crippen molar-refractivity contribution in [3.05, 3.63) is 71.8 Å². The molecule has 0 spiro atoms. The summed E-state index contributed by atoms with van der Waals surface area (Å²) in [6, 6.07) is 18.6. The SMILES string of the molecule is OC1[C@H](O)[C@H](OCc2ccccc2)C(O)[C@H](OCc2ccccc2)[C@H]1O. The molecule has 0 radical (unpaired) electrons. The molecule has 2 aromatic carbocycles. The van der Waals surface area contributed by atoms with Crippen LogP contribution in [0.1, 0.15) is 11.1 Å². The number of hydrogen-bond acceptors (Lipinski definition) is 6. The summed E-state index contributed by atoms with van der Waals surface area (Å²) in [6.45, 7) is 0.321. The highest BCUT2D eigenvalue weighted by molar-refractivity contribution is 5.15. The Labute approximate surface area is 152 Å². The topological polar surface area (TPSA) is 99.4 Å². The maximum Gasteiger partial charge on any atom is 0.115 e. The van der Waals surface area contributed by atoms with E-state index in [1.54, 1.807) is 0 Å². The van der Waals surface area contributed by atoms with Gasteiger partial charge in [0.25, 0.3) is 0 Å². The van der Waals surface area contributed by atoms with Crippen LogP contribution in [0.15, 0.2) is 60.7 Å². The minimum atomic E-state index is -1.47. The second-order valence-corrected chi connectivity index (χ2v) is 6.48. The summed E-state index contributed by atoms with van der Waals surface area (Å²) < 4.78 is 11.3. The summed E-state index contributed by atoms with van der Waals surface area (Å²) in [6.07, 6.45) is -7.74. The van der Waals surface area contributed by atoms with Crippen LogP contribution in [0.25, 0.3) is 0 Å². The molecule has 3 rings (SSSR count). The van der Waals surface area contributed by atoms with Crippen LogP contribution in [-0.4, -0.2) is 57.0 Å². The third-order valence-electron chi connectivity index (χ3n) is 4.62. The van der Waals surface area contributed by atoms with Gasteiger partial charge in [-0.3, -0.25) is 0 Å². The van der Waals surface area contributed by atoms with Gasteiger partial charge in [-0.15, -0.1) is 0 Å². The fourth-order valence-electron chi connectivity index (χ4n) is 3.11. The van der Waals surface area contributed by atoms with Gasteiger partial charge in [0.2, 0.25) is 0 Å². The Hall–Kier alpha value is -1.80. The Kier molecular flexibility index (Phi) is 6.37. The molecule has 0 bridgehead atoms. The molecule has 6 nitrogen and oxygen atoms in total. The lowest BCUT2D eigenvalue weighted by atomic mass is 9.84. The molecule has 0 saturated heterocycles. The number of rotatable bonds is 6. The molecule has 6 atom stereocenters. The molecule has 26 heavy (non-hydrogen) atoms. The van der Waals surface area contributed by atoms with Crippen LogP contribution in [-0.2, 0) is 22.7 Å². The molecule has 4 N–H and O–H groups in total. The third kappa shape index (κ3) is 4.29. The first-order chi connectivity index (χ1) is 12.6. The lowest BCUT2D eigenvalue weighted by Crippen LogP contribution is -2.64. The van der Waals surface area contributed by atoms with Crippen molar-refractivity contribution in [2.45, 2.75) is 49.8 Å². The molecule has 0 aromatic heterocycles. The average molecular weight is 360 g/mol. The first kappa shape index (κ1) is 19.0. The van der Waals surface area contributed by atoms with Crippen LogP contribution >= 0.6 is 0 Å². The van der Waals surface area contributed by atoms with Crippen LogP contribution in [0.3, 0.4) is 0 Å². The van der Waals surface area contributed by atoms with Crippen molar-refractivity contribution in [1.29, 1.82) is 0 Å². The summed E-state index contributed by atoms with van der Waals surface area (Å²) in [5.74, 6) is 0. The summed E-state index contributed by atoms with van der Waals surface area (Å²) in [5.41, 5.74) is 1.74. The van der Waals surface area contributed by atoms with Crippen molar-refractivity contribution in [3.8, 4) is 0 Å². The zero-order valence-electron chi connectivity index (χ0n) is 14.3. The van der Waals surface area contributed by atoms with Gasteiger partial charge in [0.15, 0.2) is 0 Å².